The summed E-state index contributed by atoms with van der Waals surface area (Å²) in [7, 11) is -3.68. The van der Waals surface area contributed by atoms with E-state index in [1.165, 1.54) is 16.4 Å². The first-order chi connectivity index (χ1) is 14.8. The number of furan rings is 1. The van der Waals surface area contributed by atoms with Crippen LogP contribution in [0.5, 0.6) is 5.75 Å². The molecule has 1 atom stereocenters. The van der Waals surface area contributed by atoms with Crippen molar-refractivity contribution in [1.82, 2.24) is 9.62 Å². The number of nitrogens with zero attached hydrogens (tertiary/aromatic N) is 1. The Labute approximate surface area is 184 Å². The number of rotatable bonds is 9. The van der Waals surface area contributed by atoms with Crippen LogP contribution in [-0.4, -0.2) is 43.9 Å². The normalized spacial score (nSPS) is 16.3. The van der Waals surface area contributed by atoms with Crippen LogP contribution in [0.25, 0.3) is 0 Å². The van der Waals surface area contributed by atoms with Gasteiger partial charge < -0.3 is 14.5 Å². The zero-order chi connectivity index (χ0) is 22.4. The fraction of sp³-hybridized carbons (Fsp3) is 0.522. The summed E-state index contributed by atoms with van der Waals surface area (Å²) in [5, 5.41) is 2.71. The van der Waals surface area contributed by atoms with Crippen molar-refractivity contribution in [3.63, 3.8) is 0 Å². The second kappa shape index (κ2) is 10.3. The summed E-state index contributed by atoms with van der Waals surface area (Å²) < 4.78 is 37.9. The van der Waals surface area contributed by atoms with Crippen molar-refractivity contribution in [2.75, 3.05) is 13.1 Å². The predicted molar refractivity (Wildman–Crippen MR) is 119 cm³/mol. The lowest BCUT2D eigenvalue weighted by Gasteiger charge is -2.24. The van der Waals surface area contributed by atoms with Gasteiger partial charge in [-0.25, -0.2) is 8.42 Å². The number of hydrogen-bond donors (Lipinski definition) is 1. The zero-order valence-electron chi connectivity index (χ0n) is 18.5. The molecule has 0 bridgehead atoms. The van der Waals surface area contributed by atoms with Gasteiger partial charge in [-0.15, -0.1) is 0 Å². The molecule has 1 fully saturated rings. The Balaban J connectivity index is 1.52. The number of hydrogen-bond acceptors (Lipinski definition) is 5. The second-order valence-corrected chi connectivity index (χ2v) is 10.2. The number of sulfonamides is 1. The molecule has 170 valence electrons. The Morgan fingerprint density at radius 1 is 1.06 bits per heavy atom. The molecule has 0 spiro atoms. The molecule has 1 N–H and O–H groups in total. The molecule has 3 rings (SSSR count). The van der Waals surface area contributed by atoms with Gasteiger partial charge in [-0.05, 0) is 76.3 Å². The Morgan fingerprint density at radius 3 is 2.39 bits per heavy atom. The molecule has 1 aromatic carbocycles. The molecule has 2 aromatic rings. The quantitative estimate of drug-likeness (QED) is 0.627. The van der Waals surface area contributed by atoms with Crippen LogP contribution in [0.1, 0.15) is 62.6 Å². The fourth-order valence-corrected chi connectivity index (χ4v) is 5.00. The number of carbonyl (C=O) groups is 1. The van der Waals surface area contributed by atoms with Crippen molar-refractivity contribution in [3.8, 4) is 5.75 Å². The van der Waals surface area contributed by atoms with E-state index < -0.39 is 15.9 Å². The molecular formula is C23H32N2O5S. The van der Waals surface area contributed by atoms with E-state index in [2.05, 4.69) is 5.32 Å². The van der Waals surface area contributed by atoms with E-state index in [0.717, 1.165) is 43.4 Å². The predicted octanol–water partition coefficient (Wildman–Crippen LogP) is 3.99. The van der Waals surface area contributed by atoms with E-state index in [0.29, 0.717) is 13.1 Å². The van der Waals surface area contributed by atoms with Crippen LogP contribution in [0.4, 0.5) is 0 Å². The maximum atomic E-state index is 12.7. The van der Waals surface area contributed by atoms with Gasteiger partial charge in [0.15, 0.2) is 5.76 Å². The summed E-state index contributed by atoms with van der Waals surface area (Å²) in [6.07, 6.45) is 4.41. The van der Waals surface area contributed by atoms with Crippen LogP contribution in [0.2, 0.25) is 0 Å². The van der Waals surface area contributed by atoms with E-state index in [1.54, 1.807) is 0 Å². The van der Waals surface area contributed by atoms with Crippen molar-refractivity contribution in [3.05, 3.63) is 47.7 Å². The summed E-state index contributed by atoms with van der Waals surface area (Å²) in [6, 6.07) is 10.6. The number of amides is 1. The van der Waals surface area contributed by atoms with Gasteiger partial charge in [-0.1, -0.05) is 18.6 Å². The molecule has 1 amide bonds. The molecule has 1 aliphatic rings. The Morgan fingerprint density at radius 2 is 1.74 bits per heavy atom. The van der Waals surface area contributed by atoms with Crippen LogP contribution < -0.4 is 10.1 Å². The molecule has 1 aliphatic heterocycles. The maximum absolute atomic E-state index is 12.7. The van der Waals surface area contributed by atoms with Crippen LogP contribution in [0, 0.1) is 0 Å². The van der Waals surface area contributed by atoms with Crippen molar-refractivity contribution in [2.45, 2.75) is 70.1 Å². The Kier molecular flexibility index (Phi) is 7.78. The van der Waals surface area contributed by atoms with Crippen LogP contribution in [0.3, 0.4) is 0 Å². The van der Waals surface area contributed by atoms with E-state index in [-0.39, 0.29) is 23.0 Å². The Hall–Kier alpha value is -2.32. The average Bonchev–Trinajstić information content (AvgIpc) is 3.25. The molecule has 8 heteroatoms. The molecule has 2 heterocycles. The van der Waals surface area contributed by atoms with Crippen LogP contribution in [-0.2, 0) is 16.4 Å². The summed E-state index contributed by atoms with van der Waals surface area (Å²) >= 11 is 0. The zero-order valence-corrected chi connectivity index (χ0v) is 19.3. The number of benzene rings is 1. The first kappa shape index (κ1) is 23.3. The van der Waals surface area contributed by atoms with Gasteiger partial charge in [0.05, 0.1) is 6.10 Å². The number of aryl methyl sites for hydroxylation is 1. The third kappa shape index (κ3) is 6.33. The highest BCUT2D eigenvalue weighted by atomic mass is 32.2. The summed E-state index contributed by atoms with van der Waals surface area (Å²) in [5.41, 5.74) is 1.16. The van der Waals surface area contributed by atoms with Gasteiger partial charge in [0.1, 0.15) is 5.75 Å². The standard InChI is InChI=1S/C23H32N2O5S/c1-17(2)29-20-11-9-19(10-12-20)8-7-18(3)24-23(26)21-13-14-22(30-21)31(27,28)25-15-5-4-6-16-25/h9-14,17-18H,4-8,15-16H2,1-3H3,(H,24,26). The summed E-state index contributed by atoms with van der Waals surface area (Å²) in [5.74, 6) is 0.444. The minimum atomic E-state index is -3.68. The topological polar surface area (TPSA) is 88.8 Å². The fourth-order valence-electron chi connectivity index (χ4n) is 3.57. The summed E-state index contributed by atoms with van der Waals surface area (Å²) in [6.45, 7) is 6.88. The lowest BCUT2D eigenvalue weighted by Crippen LogP contribution is -2.35. The van der Waals surface area contributed by atoms with E-state index in [1.807, 2.05) is 45.0 Å². The number of carbonyl (C=O) groups excluding carboxylic acids is 1. The number of piperidine rings is 1. The van der Waals surface area contributed by atoms with E-state index >= 15 is 0 Å². The molecule has 1 unspecified atom stereocenters. The number of nitrogens with one attached hydrogen (secondary N) is 1. The Bertz CT molecular complexity index is 960. The molecule has 0 radical (unpaired) electrons. The van der Waals surface area contributed by atoms with Gasteiger partial charge >= 0.3 is 0 Å². The van der Waals surface area contributed by atoms with Crippen molar-refractivity contribution in [1.29, 1.82) is 0 Å². The lowest BCUT2D eigenvalue weighted by molar-refractivity contribution is 0.0904. The van der Waals surface area contributed by atoms with Crippen molar-refractivity contribution < 1.29 is 22.4 Å². The smallest absolute Gasteiger partial charge is 0.287 e. The molecule has 31 heavy (non-hydrogen) atoms. The van der Waals surface area contributed by atoms with E-state index in [4.69, 9.17) is 9.15 Å². The van der Waals surface area contributed by atoms with E-state index in [9.17, 15) is 13.2 Å². The third-order valence-corrected chi connectivity index (χ3v) is 7.03. The van der Waals surface area contributed by atoms with Gasteiger partial charge in [0.25, 0.3) is 15.9 Å². The van der Waals surface area contributed by atoms with Gasteiger partial charge in [0.2, 0.25) is 5.09 Å². The molecule has 1 aromatic heterocycles. The lowest BCUT2D eigenvalue weighted by atomic mass is 10.1. The molecular weight excluding hydrogens is 416 g/mol. The maximum Gasteiger partial charge on any atom is 0.287 e. The minimum absolute atomic E-state index is 0.0117. The van der Waals surface area contributed by atoms with Crippen molar-refractivity contribution >= 4 is 15.9 Å². The summed E-state index contributed by atoms with van der Waals surface area (Å²) in [4.78, 5) is 12.5. The molecule has 0 aliphatic carbocycles. The molecule has 1 saturated heterocycles. The molecule has 7 nitrogen and oxygen atoms in total. The van der Waals surface area contributed by atoms with Gasteiger partial charge in [0, 0.05) is 19.1 Å². The first-order valence-electron chi connectivity index (χ1n) is 10.9. The monoisotopic (exact) mass is 448 g/mol. The van der Waals surface area contributed by atoms with Gasteiger partial charge in [-0.2, -0.15) is 4.31 Å². The average molecular weight is 449 g/mol. The largest absolute Gasteiger partial charge is 0.491 e. The van der Waals surface area contributed by atoms with Gasteiger partial charge in [-0.3, -0.25) is 4.79 Å². The second-order valence-electron chi connectivity index (χ2n) is 8.31. The van der Waals surface area contributed by atoms with Crippen molar-refractivity contribution in [2.24, 2.45) is 0 Å². The minimum Gasteiger partial charge on any atom is -0.491 e. The first-order valence-corrected chi connectivity index (χ1v) is 12.4. The SMILES string of the molecule is CC(CCc1ccc(OC(C)C)cc1)NC(=O)c1ccc(S(=O)(=O)N2CCCCC2)o1. The highest BCUT2D eigenvalue weighted by Crippen LogP contribution is 2.22. The molecule has 0 saturated carbocycles. The van der Waals surface area contributed by atoms with Crippen LogP contribution >= 0.6 is 0 Å². The van der Waals surface area contributed by atoms with Crippen LogP contribution in [0.15, 0.2) is 45.9 Å². The highest BCUT2D eigenvalue weighted by Gasteiger charge is 2.29. The third-order valence-electron chi connectivity index (χ3n) is 5.25. The highest BCUT2D eigenvalue weighted by molar-refractivity contribution is 7.89. The number of ether oxygens (including phenoxy) is 1.